The van der Waals surface area contributed by atoms with Gasteiger partial charge in [-0.2, -0.15) is 0 Å². The summed E-state index contributed by atoms with van der Waals surface area (Å²) in [4.78, 5) is 12.0. The zero-order valence-corrected chi connectivity index (χ0v) is 9.88. The first-order valence-electron chi connectivity index (χ1n) is 6.01. The summed E-state index contributed by atoms with van der Waals surface area (Å²) in [6.45, 7) is 4.11. The Balaban J connectivity index is 2.47. The van der Waals surface area contributed by atoms with Crippen LogP contribution in [0.25, 0.3) is 0 Å². The highest BCUT2D eigenvalue weighted by atomic mass is 16.3. The molecule has 1 atom stereocenters. The zero-order valence-electron chi connectivity index (χ0n) is 9.88. The normalized spacial score (nSPS) is 22.9. The van der Waals surface area contributed by atoms with Crippen LogP contribution in [0.2, 0.25) is 0 Å². The lowest BCUT2D eigenvalue weighted by molar-refractivity contribution is -0.131. The molecule has 0 aliphatic heterocycles. The van der Waals surface area contributed by atoms with Crippen molar-refractivity contribution in [2.45, 2.75) is 58.5 Å². The van der Waals surface area contributed by atoms with Gasteiger partial charge in [0.2, 0.25) is 5.91 Å². The molecule has 1 saturated carbocycles. The Morgan fingerprint density at radius 1 is 1.33 bits per heavy atom. The minimum Gasteiger partial charge on any atom is -0.392 e. The average molecular weight is 213 g/mol. The van der Waals surface area contributed by atoms with E-state index in [9.17, 15) is 4.79 Å². The van der Waals surface area contributed by atoms with Crippen LogP contribution in [0.5, 0.6) is 0 Å². The Hall–Kier alpha value is -0.570. The Morgan fingerprint density at radius 3 is 2.33 bits per heavy atom. The van der Waals surface area contributed by atoms with Crippen molar-refractivity contribution in [3.05, 3.63) is 0 Å². The number of carbonyl (C=O) groups is 1. The lowest BCUT2D eigenvalue weighted by Gasteiger charge is -2.26. The van der Waals surface area contributed by atoms with E-state index in [4.69, 9.17) is 5.11 Å². The van der Waals surface area contributed by atoms with Gasteiger partial charge in [-0.15, -0.1) is 0 Å². The van der Waals surface area contributed by atoms with Crippen LogP contribution in [0.3, 0.4) is 0 Å². The Morgan fingerprint density at radius 2 is 1.87 bits per heavy atom. The maximum atomic E-state index is 12.0. The van der Waals surface area contributed by atoms with Crippen LogP contribution >= 0.6 is 0 Å². The summed E-state index contributed by atoms with van der Waals surface area (Å²) in [6, 6.07) is 0. The van der Waals surface area contributed by atoms with Gasteiger partial charge in [0.25, 0.3) is 0 Å². The van der Waals surface area contributed by atoms with Gasteiger partial charge in [-0.05, 0) is 19.8 Å². The van der Waals surface area contributed by atoms with E-state index in [2.05, 4.69) is 12.2 Å². The molecule has 0 radical (unpaired) electrons. The van der Waals surface area contributed by atoms with Gasteiger partial charge in [0.15, 0.2) is 0 Å². The number of rotatable bonds is 3. The van der Waals surface area contributed by atoms with E-state index in [0.29, 0.717) is 6.54 Å². The summed E-state index contributed by atoms with van der Waals surface area (Å²) < 4.78 is 0. The summed E-state index contributed by atoms with van der Waals surface area (Å²) in [5.41, 5.74) is -0.203. The second kappa shape index (κ2) is 5.50. The molecule has 2 N–H and O–H groups in total. The van der Waals surface area contributed by atoms with Crippen LogP contribution in [0.4, 0.5) is 0 Å². The largest absolute Gasteiger partial charge is 0.392 e. The predicted octanol–water partition coefficient (Wildman–Crippen LogP) is 1.84. The second-order valence-corrected chi connectivity index (χ2v) is 5.03. The van der Waals surface area contributed by atoms with E-state index in [1.54, 1.807) is 6.92 Å². The van der Waals surface area contributed by atoms with E-state index >= 15 is 0 Å². The first-order valence-corrected chi connectivity index (χ1v) is 6.01. The number of carbonyl (C=O) groups excluding carboxylic acids is 1. The van der Waals surface area contributed by atoms with Crippen LogP contribution in [0.15, 0.2) is 0 Å². The van der Waals surface area contributed by atoms with E-state index in [-0.39, 0.29) is 11.3 Å². The van der Waals surface area contributed by atoms with Crippen molar-refractivity contribution in [3.8, 4) is 0 Å². The minimum atomic E-state index is -0.455. The quantitative estimate of drug-likeness (QED) is 0.703. The number of hydrogen-bond donors (Lipinski definition) is 2. The van der Waals surface area contributed by atoms with Crippen molar-refractivity contribution >= 4 is 5.91 Å². The highest BCUT2D eigenvalue weighted by molar-refractivity contribution is 5.82. The fourth-order valence-corrected chi connectivity index (χ4v) is 2.19. The highest BCUT2D eigenvalue weighted by Gasteiger charge is 2.33. The first-order chi connectivity index (χ1) is 7.04. The topological polar surface area (TPSA) is 49.3 Å². The van der Waals surface area contributed by atoms with Gasteiger partial charge in [-0.25, -0.2) is 0 Å². The molecule has 88 valence electrons. The van der Waals surface area contributed by atoms with E-state index in [0.717, 1.165) is 25.7 Å². The van der Waals surface area contributed by atoms with Gasteiger partial charge >= 0.3 is 0 Å². The molecule has 1 rings (SSSR count). The lowest BCUT2D eigenvalue weighted by Crippen LogP contribution is -2.41. The van der Waals surface area contributed by atoms with E-state index < -0.39 is 6.10 Å². The molecule has 1 aliphatic carbocycles. The average Bonchev–Trinajstić information content (AvgIpc) is 2.40. The van der Waals surface area contributed by atoms with Gasteiger partial charge in [-0.1, -0.05) is 32.6 Å². The van der Waals surface area contributed by atoms with Gasteiger partial charge < -0.3 is 10.4 Å². The van der Waals surface area contributed by atoms with Crippen LogP contribution in [0, 0.1) is 5.41 Å². The Labute approximate surface area is 92.3 Å². The van der Waals surface area contributed by atoms with Gasteiger partial charge in [0.1, 0.15) is 0 Å². The van der Waals surface area contributed by atoms with Crippen molar-refractivity contribution < 1.29 is 9.90 Å². The van der Waals surface area contributed by atoms with E-state index in [1.807, 2.05) is 0 Å². The minimum absolute atomic E-state index is 0.116. The molecule has 0 spiro atoms. The predicted molar refractivity (Wildman–Crippen MR) is 60.5 cm³/mol. The molecule has 1 aliphatic rings. The van der Waals surface area contributed by atoms with Gasteiger partial charge in [0, 0.05) is 12.0 Å². The fourth-order valence-electron chi connectivity index (χ4n) is 2.19. The summed E-state index contributed by atoms with van der Waals surface area (Å²) in [5.74, 6) is 0.116. The van der Waals surface area contributed by atoms with Crippen molar-refractivity contribution in [2.75, 3.05) is 6.54 Å². The molecule has 1 fully saturated rings. The summed E-state index contributed by atoms with van der Waals surface area (Å²) in [5, 5.41) is 12.0. The molecule has 0 saturated heterocycles. The third-order valence-electron chi connectivity index (χ3n) is 3.31. The summed E-state index contributed by atoms with van der Waals surface area (Å²) in [7, 11) is 0. The zero-order chi connectivity index (χ0) is 11.3. The van der Waals surface area contributed by atoms with Crippen LogP contribution in [-0.4, -0.2) is 23.7 Å². The number of aliphatic hydroxyl groups excluding tert-OH is 1. The maximum absolute atomic E-state index is 12.0. The second-order valence-electron chi connectivity index (χ2n) is 5.03. The van der Waals surface area contributed by atoms with Crippen LogP contribution in [-0.2, 0) is 4.79 Å². The van der Waals surface area contributed by atoms with Crippen molar-refractivity contribution in [3.63, 3.8) is 0 Å². The number of hydrogen-bond acceptors (Lipinski definition) is 2. The van der Waals surface area contributed by atoms with Crippen LogP contribution < -0.4 is 5.32 Å². The van der Waals surface area contributed by atoms with Crippen LogP contribution in [0.1, 0.15) is 52.4 Å². The smallest absolute Gasteiger partial charge is 0.226 e. The summed E-state index contributed by atoms with van der Waals surface area (Å²) >= 11 is 0. The number of aliphatic hydroxyl groups is 1. The van der Waals surface area contributed by atoms with Crippen molar-refractivity contribution in [2.24, 2.45) is 5.41 Å². The molecule has 15 heavy (non-hydrogen) atoms. The van der Waals surface area contributed by atoms with E-state index in [1.165, 1.54) is 12.8 Å². The van der Waals surface area contributed by atoms with Crippen molar-refractivity contribution in [1.29, 1.82) is 0 Å². The molecule has 0 aromatic heterocycles. The number of amides is 1. The number of nitrogens with one attached hydrogen (secondary N) is 1. The summed E-state index contributed by atoms with van der Waals surface area (Å²) in [6.07, 6.45) is 6.32. The molecule has 0 aromatic carbocycles. The molecule has 0 bridgehead atoms. The fraction of sp³-hybridized carbons (Fsp3) is 0.917. The SMILES string of the molecule is CC(O)CNC(=O)C1(C)CCCCCC1. The highest BCUT2D eigenvalue weighted by Crippen LogP contribution is 2.34. The molecular weight excluding hydrogens is 190 g/mol. The third kappa shape index (κ3) is 3.82. The third-order valence-corrected chi connectivity index (χ3v) is 3.31. The standard InChI is InChI=1S/C12H23NO2/c1-10(14)9-13-11(15)12(2)7-5-3-4-6-8-12/h10,14H,3-9H2,1-2H3,(H,13,15). The Kier molecular flexibility index (Phi) is 4.58. The molecule has 1 unspecified atom stereocenters. The first kappa shape index (κ1) is 12.5. The maximum Gasteiger partial charge on any atom is 0.226 e. The molecule has 3 heteroatoms. The molecule has 0 aromatic rings. The Bertz CT molecular complexity index is 206. The molecular formula is C12H23NO2. The molecule has 1 amide bonds. The monoisotopic (exact) mass is 213 g/mol. The van der Waals surface area contributed by atoms with Gasteiger partial charge in [-0.3, -0.25) is 4.79 Å². The molecule has 0 heterocycles. The van der Waals surface area contributed by atoms with Gasteiger partial charge in [0.05, 0.1) is 6.10 Å². The molecule has 3 nitrogen and oxygen atoms in total. The van der Waals surface area contributed by atoms with Crippen molar-refractivity contribution in [1.82, 2.24) is 5.32 Å². The lowest BCUT2D eigenvalue weighted by atomic mass is 9.81.